The van der Waals surface area contributed by atoms with E-state index in [0.29, 0.717) is 0 Å². The molecule has 490 valence electrons. The van der Waals surface area contributed by atoms with Crippen molar-refractivity contribution in [3.8, 4) is 0 Å². The van der Waals surface area contributed by atoms with Gasteiger partial charge < -0.3 is 55.6 Å². The smallest absolute Gasteiger partial charge is 0.251 e. The normalized spacial score (nSPS) is 26.4. The minimum Gasteiger partial charge on any atom is -0.343 e. The van der Waals surface area contributed by atoms with Gasteiger partial charge in [0.05, 0.1) is 6.54 Å². The average molecular weight is 1210 g/mol. The fourth-order valence-corrected chi connectivity index (χ4v) is 10.7. The predicted molar refractivity (Wildman–Crippen MR) is 332 cm³/mol. The number of rotatable bonds is 15. The third-order valence-corrected chi connectivity index (χ3v) is 16.1. The van der Waals surface area contributed by atoms with Crippen LogP contribution in [0.1, 0.15) is 157 Å². The van der Waals surface area contributed by atoms with E-state index in [-0.39, 0.29) is 55.8 Å². The van der Waals surface area contributed by atoms with Crippen LogP contribution in [0.5, 0.6) is 0 Å². The number of carbonyl (C=O) groups excluding carboxylic acids is 12. The van der Waals surface area contributed by atoms with E-state index in [1.54, 1.807) is 67.5 Å². The maximum absolute atomic E-state index is 15.2. The monoisotopic (exact) mass is 1210 g/mol. The maximum atomic E-state index is 15.2. The molecule has 11 amide bonds. The van der Waals surface area contributed by atoms with E-state index < -0.39 is 161 Å². The molecule has 23 nitrogen and oxygen atoms in total. The Morgan fingerprint density at radius 2 is 0.814 bits per heavy atom. The summed E-state index contributed by atoms with van der Waals surface area (Å²) in [5.74, 6) is -11.6. The zero-order chi connectivity index (χ0) is 66.8. The fraction of sp³-hybridized carbons (Fsp3) is 0.778. The third-order valence-electron chi connectivity index (χ3n) is 16.1. The molecule has 0 aromatic carbocycles. The summed E-state index contributed by atoms with van der Waals surface area (Å²) in [6.07, 6.45) is 4.28. The lowest BCUT2D eigenvalue weighted by atomic mass is 9.92. The van der Waals surface area contributed by atoms with Gasteiger partial charge in [0.15, 0.2) is 11.8 Å². The summed E-state index contributed by atoms with van der Waals surface area (Å²) in [6.45, 7) is 30.8. The molecular weight excluding hydrogens is 1100 g/mol. The first-order valence-corrected chi connectivity index (χ1v) is 30.8. The van der Waals surface area contributed by atoms with Crippen molar-refractivity contribution in [2.75, 3.05) is 55.9 Å². The second-order valence-corrected chi connectivity index (χ2v) is 26.6. The number of Topliss-reactive ketones (excluding diaryl/α,β-unsaturated/α-hetero) is 1. The Kier molecular flexibility index (Phi) is 31.4. The molecule has 86 heavy (non-hydrogen) atoms. The van der Waals surface area contributed by atoms with Crippen LogP contribution in [-0.2, 0) is 57.5 Å². The SMILES string of the molecule is C/C=C/C[C@@H](C)C(=O)[C@@H]1C(=O)N[C@@H](C(C)C)C(=O)N(C)CC(=O)N(C)[C@@H](CC(C)C)C(=O)N[C@@H](C(C)C)C(=O)N(C)[C@@H](CC(C)C)C(=O)N[C@@H](C)C(=O)N[C@H](C)C(=O)N(C)[C@@H](CC(C)C)C(=O)N(C)[C@@H](CC(C)C)C(=O)N(C)[C@@H](C(C)C)C(=O)N1C. The first-order chi connectivity index (χ1) is 39.6. The minimum atomic E-state index is -1.82. The molecule has 1 rings (SSSR count). The van der Waals surface area contributed by atoms with E-state index in [2.05, 4.69) is 21.3 Å². The molecule has 0 spiro atoms. The highest BCUT2D eigenvalue weighted by atomic mass is 16.2. The van der Waals surface area contributed by atoms with Crippen LogP contribution < -0.4 is 21.3 Å². The number of nitrogens with one attached hydrogen (secondary N) is 4. The van der Waals surface area contributed by atoms with Crippen molar-refractivity contribution in [1.82, 2.24) is 55.6 Å². The van der Waals surface area contributed by atoms with Gasteiger partial charge in [-0.2, -0.15) is 0 Å². The van der Waals surface area contributed by atoms with E-state index in [9.17, 15) is 47.9 Å². The van der Waals surface area contributed by atoms with Crippen LogP contribution in [0.3, 0.4) is 0 Å². The molecular formula is C63H111N11O12. The number of carbonyl (C=O) groups is 12. The number of likely N-dealkylation sites (N-methyl/N-ethyl adjacent to an activating group) is 7. The third kappa shape index (κ3) is 21.5. The second-order valence-electron chi connectivity index (χ2n) is 26.6. The van der Waals surface area contributed by atoms with Crippen molar-refractivity contribution in [1.29, 1.82) is 0 Å². The minimum absolute atomic E-state index is 0.128. The zero-order valence-electron chi connectivity index (χ0n) is 56.8. The fourth-order valence-electron chi connectivity index (χ4n) is 10.7. The van der Waals surface area contributed by atoms with Crippen molar-refractivity contribution in [3.05, 3.63) is 12.2 Å². The molecule has 1 heterocycles. The lowest BCUT2D eigenvalue weighted by Gasteiger charge is -2.41. The Balaban J connectivity index is 4.37. The molecule has 1 fully saturated rings. The topological polar surface area (TPSA) is 276 Å². The summed E-state index contributed by atoms with van der Waals surface area (Å²) in [7, 11) is 9.80. The molecule has 0 radical (unpaired) electrons. The molecule has 1 aliphatic heterocycles. The van der Waals surface area contributed by atoms with Gasteiger partial charge in [0.1, 0.15) is 54.4 Å². The van der Waals surface area contributed by atoms with E-state index in [0.717, 1.165) is 9.80 Å². The van der Waals surface area contributed by atoms with Crippen molar-refractivity contribution < 1.29 is 57.5 Å². The highest BCUT2D eigenvalue weighted by Crippen LogP contribution is 2.25. The Morgan fingerprint density at radius 3 is 1.26 bits per heavy atom. The Hall–Kier alpha value is -6.42. The number of ketones is 1. The Morgan fingerprint density at radius 1 is 0.430 bits per heavy atom. The molecule has 11 atom stereocenters. The van der Waals surface area contributed by atoms with Crippen LogP contribution in [-0.4, -0.2) is 221 Å². The highest BCUT2D eigenvalue weighted by molar-refractivity contribution is 6.10. The summed E-state index contributed by atoms with van der Waals surface area (Å²) < 4.78 is 0. The van der Waals surface area contributed by atoms with Crippen LogP contribution >= 0.6 is 0 Å². The number of nitrogens with zero attached hydrogens (tertiary/aromatic N) is 7. The number of hydrogen-bond acceptors (Lipinski definition) is 12. The first-order valence-electron chi connectivity index (χ1n) is 30.8. The van der Waals surface area contributed by atoms with Gasteiger partial charge in [-0.15, -0.1) is 0 Å². The van der Waals surface area contributed by atoms with Gasteiger partial charge in [0.25, 0.3) is 5.91 Å². The molecule has 0 aromatic rings. The molecule has 0 aliphatic carbocycles. The average Bonchev–Trinajstić information content (AvgIpc) is 2.16. The van der Waals surface area contributed by atoms with Gasteiger partial charge >= 0.3 is 0 Å². The zero-order valence-corrected chi connectivity index (χ0v) is 56.8. The second kappa shape index (κ2) is 34.8. The molecule has 0 saturated carbocycles. The lowest BCUT2D eigenvalue weighted by Crippen LogP contribution is -2.63. The lowest BCUT2D eigenvalue weighted by molar-refractivity contribution is -0.157. The van der Waals surface area contributed by atoms with Crippen LogP contribution in [0, 0.1) is 47.3 Å². The molecule has 0 bridgehead atoms. The summed E-state index contributed by atoms with van der Waals surface area (Å²) in [5.41, 5.74) is 0. The van der Waals surface area contributed by atoms with Crippen molar-refractivity contribution in [3.63, 3.8) is 0 Å². The van der Waals surface area contributed by atoms with Gasteiger partial charge in [0, 0.05) is 55.3 Å². The van der Waals surface area contributed by atoms with E-state index in [1.165, 1.54) is 87.7 Å². The molecule has 1 saturated heterocycles. The number of allylic oxidation sites excluding steroid dienone is 2. The number of hydrogen-bond donors (Lipinski definition) is 4. The number of amides is 11. The van der Waals surface area contributed by atoms with Gasteiger partial charge in [-0.05, 0) is 94.3 Å². The Bertz CT molecular complexity index is 2410. The van der Waals surface area contributed by atoms with Crippen molar-refractivity contribution in [2.45, 2.75) is 217 Å². The van der Waals surface area contributed by atoms with E-state index in [4.69, 9.17) is 0 Å². The van der Waals surface area contributed by atoms with Crippen molar-refractivity contribution >= 4 is 70.8 Å². The quantitative estimate of drug-likeness (QED) is 0.135. The van der Waals surface area contributed by atoms with E-state index >= 15 is 9.59 Å². The predicted octanol–water partition coefficient (Wildman–Crippen LogP) is 3.72. The van der Waals surface area contributed by atoms with Crippen LogP contribution in [0.4, 0.5) is 0 Å². The van der Waals surface area contributed by atoms with Crippen LogP contribution in [0.15, 0.2) is 12.2 Å². The summed E-state index contributed by atoms with van der Waals surface area (Å²) in [5, 5.41) is 11.0. The standard InChI is InChI=1S/C63H111N11O12/c1-26-27-28-41(16)53(76)52-57(80)67-49(38(10)11)61(84)68(19)33-48(75)69(20)44(29-34(2)3)56(79)66-50(39(12)13)62(85)70(21)45(30-35(4)5)55(78)64-42(17)54(77)65-43(18)58(81)71(22)46(31-36(6)7)59(82)72(23)47(32-37(8)9)60(83)73(24)51(40(14)15)63(86)74(52)25/h26-27,34-47,49-52H,28-33H2,1-25H3,(H,64,78)(H,65,77)(H,66,79)(H,67,80)/b27-26+/t41-,42+,43-,44+,45+,46+,47+,49+,50+,51+,52-/m1/s1. The van der Waals surface area contributed by atoms with E-state index in [1.807, 2.05) is 55.4 Å². The molecule has 0 aromatic heterocycles. The first kappa shape index (κ1) is 77.6. The highest BCUT2D eigenvalue weighted by Gasteiger charge is 2.46. The largest absolute Gasteiger partial charge is 0.343 e. The summed E-state index contributed by atoms with van der Waals surface area (Å²) in [6, 6.07) is -12.7. The maximum Gasteiger partial charge on any atom is 0.251 e. The molecule has 1 aliphatic rings. The Labute approximate surface area is 514 Å². The van der Waals surface area contributed by atoms with Gasteiger partial charge in [-0.3, -0.25) is 57.5 Å². The summed E-state index contributed by atoms with van der Waals surface area (Å²) in [4.78, 5) is 183. The molecule has 23 heteroatoms. The molecule has 4 N–H and O–H groups in total. The van der Waals surface area contributed by atoms with Gasteiger partial charge in [-0.1, -0.05) is 116 Å². The molecule has 0 unspecified atom stereocenters. The van der Waals surface area contributed by atoms with Crippen LogP contribution in [0.2, 0.25) is 0 Å². The van der Waals surface area contributed by atoms with Gasteiger partial charge in [-0.25, -0.2) is 0 Å². The summed E-state index contributed by atoms with van der Waals surface area (Å²) >= 11 is 0. The van der Waals surface area contributed by atoms with Gasteiger partial charge in [0.2, 0.25) is 59.1 Å². The van der Waals surface area contributed by atoms with Crippen molar-refractivity contribution in [2.24, 2.45) is 47.3 Å². The van der Waals surface area contributed by atoms with Crippen LogP contribution in [0.25, 0.3) is 0 Å².